The molecule has 0 aliphatic heterocycles. The quantitative estimate of drug-likeness (QED) is 0.686. The van der Waals surface area contributed by atoms with Crippen molar-refractivity contribution in [2.45, 2.75) is 32.6 Å². The van der Waals surface area contributed by atoms with E-state index in [1.807, 2.05) is 37.3 Å². The Balaban J connectivity index is 1.68. The fourth-order valence-corrected chi connectivity index (χ4v) is 3.83. The van der Waals surface area contributed by atoms with E-state index in [4.69, 9.17) is 4.74 Å². The van der Waals surface area contributed by atoms with Gasteiger partial charge in [-0.1, -0.05) is 0 Å². The number of hydrazone groups is 1. The first-order valence-corrected chi connectivity index (χ1v) is 8.59. The van der Waals surface area contributed by atoms with E-state index in [1.165, 1.54) is 23.3 Å². The van der Waals surface area contributed by atoms with Gasteiger partial charge in [0.15, 0.2) is 0 Å². The van der Waals surface area contributed by atoms with Gasteiger partial charge in [0.25, 0.3) is 5.91 Å². The molecule has 23 heavy (non-hydrogen) atoms. The van der Waals surface area contributed by atoms with Crippen LogP contribution in [0.4, 0.5) is 0 Å². The van der Waals surface area contributed by atoms with Crippen LogP contribution in [0.15, 0.2) is 35.4 Å². The van der Waals surface area contributed by atoms with Crippen molar-refractivity contribution in [3.8, 4) is 5.75 Å². The molecule has 1 heterocycles. The molecular formula is C18H20N2O2S. The molecule has 0 radical (unpaired) electrons. The molecule has 5 heteroatoms. The Hall–Kier alpha value is -2.14. The topological polar surface area (TPSA) is 50.7 Å². The Morgan fingerprint density at radius 2 is 1.96 bits per heavy atom. The molecule has 2 aromatic rings. The summed E-state index contributed by atoms with van der Waals surface area (Å²) < 4.78 is 5.14. The molecule has 1 aromatic carbocycles. The van der Waals surface area contributed by atoms with Crippen LogP contribution in [-0.4, -0.2) is 18.7 Å². The van der Waals surface area contributed by atoms with Crippen molar-refractivity contribution >= 4 is 23.0 Å². The van der Waals surface area contributed by atoms with Gasteiger partial charge in [-0.05, 0) is 74.1 Å². The highest BCUT2D eigenvalue weighted by atomic mass is 32.1. The van der Waals surface area contributed by atoms with Crippen LogP contribution in [0.1, 0.15) is 45.4 Å². The van der Waals surface area contributed by atoms with Gasteiger partial charge in [-0.2, -0.15) is 5.10 Å². The number of methoxy groups -OCH3 is 1. The highest BCUT2D eigenvalue weighted by Crippen LogP contribution is 2.29. The molecule has 1 N–H and O–H groups in total. The van der Waals surface area contributed by atoms with Gasteiger partial charge in [-0.3, -0.25) is 4.79 Å². The van der Waals surface area contributed by atoms with Crippen LogP contribution in [0.2, 0.25) is 0 Å². The van der Waals surface area contributed by atoms with Gasteiger partial charge in [-0.15, -0.1) is 11.3 Å². The largest absolute Gasteiger partial charge is 0.497 e. The summed E-state index contributed by atoms with van der Waals surface area (Å²) in [5, 5.41) is 4.22. The third-order valence-electron chi connectivity index (χ3n) is 4.05. The molecule has 0 unspecified atom stereocenters. The number of nitrogens with zero attached hydrogens (tertiary/aromatic N) is 1. The molecule has 1 amide bonds. The van der Waals surface area contributed by atoms with Gasteiger partial charge in [0, 0.05) is 4.88 Å². The predicted molar refractivity (Wildman–Crippen MR) is 93.6 cm³/mol. The van der Waals surface area contributed by atoms with Crippen molar-refractivity contribution in [3.05, 3.63) is 51.2 Å². The van der Waals surface area contributed by atoms with E-state index < -0.39 is 0 Å². The van der Waals surface area contributed by atoms with Gasteiger partial charge in [0.1, 0.15) is 5.75 Å². The molecule has 3 rings (SSSR count). The Kier molecular flexibility index (Phi) is 4.76. The first kappa shape index (κ1) is 15.7. The van der Waals surface area contributed by atoms with E-state index in [1.54, 1.807) is 18.4 Å². The summed E-state index contributed by atoms with van der Waals surface area (Å²) in [5.74, 6) is 0.673. The van der Waals surface area contributed by atoms with Gasteiger partial charge in [0.2, 0.25) is 0 Å². The zero-order valence-electron chi connectivity index (χ0n) is 13.4. The summed E-state index contributed by atoms with van der Waals surface area (Å²) in [5.41, 5.74) is 5.72. The van der Waals surface area contributed by atoms with E-state index in [2.05, 4.69) is 10.5 Å². The highest BCUT2D eigenvalue weighted by molar-refractivity contribution is 7.14. The van der Waals surface area contributed by atoms with Crippen molar-refractivity contribution in [2.24, 2.45) is 5.10 Å². The summed E-state index contributed by atoms with van der Waals surface area (Å²) in [6.45, 7) is 1.88. The number of fused-ring (bicyclic) bond motifs is 1. The number of hydrogen-bond acceptors (Lipinski definition) is 4. The lowest BCUT2D eigenvalue weighted by Crippen LogP contribution is -2.18. The summed E-state index contributed by atoms with van der Waals surface area (Å²) in [6, 6.07) is 9.63. The van der Waals surface area contributed by atoms with Gasteiger partial charge in [-0.25, -0.2) is 5.43 Å². The number of amides is 1. The summed E-state index contributed by atoms with van der Waals surface area (Å²) in [7, 11) is 1.64. The van der Waals surface area contributed by atoms with Crippen LogP contribution in [0.3, 0.4) is 0 Å². The monoisotopic (exact) mass is 328 g/mol. The summed E-state index contributed by atoms with van der Waals surface area (Å²) >= 11 is 1.60. The van der Waals surface area contributed by atoms with Crippen molar-refractivity contribution in [1.82, 2.24) is 5.43 Å². The first-order chi connectivity index (χ1) is 11.2. The Morgan fingerprint density at radius 1 is 1.22 bits per heavy atom. The van der Waals surface area contributed by atoms with Crippen molar-refractivity contribution in [2.75, 3.05) is 7.11 Å². The summed E-state index contributed by atoms with van der Waals surface area (Å²) in [6.07, 6.45) is 4.64. The van der Waals surface area contributed by atoms with Crippen LogP contribution in [0, 0.1) is 0 Å². The van der Waals surface area contributed by atoms with Crippen LogP contribution in [0.5, 0.6) is 5.75 Å². The van der Waals surface area contributed by atoms with E-state index in [0.717, 1.165) is 34.7 Å². The van der Waals surface area contributed by atoms with Crippen molar-refractivity contribution in [1.29, 1.82) is 0 Å². The lowest BCUT2D eigenvalue weighted by atomic mass is 9.99. The lowest BCUT2D eigenvalue weighted by molar-refractivity contribution is 0.0959. The average Bonchev–Trinajstić information content (AvgIpc) is 3.03. The SMILES string of the molecule is COc1ccc(C(C)=NNC(=O)c2cc3c(s2)CCCC3)cc1. The smallest absolute Gasteiger partial charge is 0.281 e. The number of carbonyl (C=O) groups excluding carboxylic acids is 1. The predicted octanol–water partition coefficient (Wildman–Crippen LogP) is 3.79. The highest BCUT2D eigenvalue weighted by Gasteiger charge is 2.17. The first-order valence-electron chi connectivity index (χ1n) is 7.78. The Morgan fingerprint density at radius 3 is 2.65 bits per heavy atom. The lowest BCUT2D eigenvalue weighted by Gasteiger charge is -2.08. The third kappa shape index (κ3) is 3.62. The number of rotatable bonds is 4. The number of benzene rings is 1. The molecule has 0 atom stereocenters. The maximum atomic E-state index is 12.3. The second kappa shape index (κ2) is 6.96. The number of carbonyl (C=O) groups is 1. The Labute approximate surface area is 140 Å². The number of aryl methyl sites for hydroxylation is 2. The normalized spacial score (nSPS) is 14.3. The van der Waals surface area contributed by atoms with E-state index in [0.29, 0.717) is 0 Å². The van der Waals surface area contributed by atoms with Gasteiger partial charge < -0.3 is 4.74 Å². The molecule has 1 aliphatic rings. The van der Waals surface area contributed by atoms with Crippen LogP contribution in [0.25, 0.3) is 0 Å². The standard InChI is InChI=1S/C18H20N2O2S/c1-12(13-7-9-15(22-2)10-8-13)19-20-18(21)17-11-14-5-3-4-6-16(14)23-17/h7-11H,3-6H2,1-2H3,(H,20,21). The number of thiophene rings is 1. The second-order valence-corrected chi connectivity index (χ2v) is 6.77. The summed E-state index contributed by atoms with van der Waals surface area (Å²) in [4.78, 5) is 14.4. The van der Waals surface area contributed by atoms with Crippen molar-refractivity contribution in [3.63, 3.8) is 0 Å². The molecule has 0 spiro atoms. The molecule has 1 aromatic heterocycles. The minimum absolute atomic E-state index is 0.128. The maximum absolute atomic E-state index is 12.3. The van der Waals surface area contributed by atoms with Crippen LogP contribution < -0.4 is 10.2 Å². The maximum Gasteiger partial charge on any atom is 0.281 e. The fraction of sp³-hybridized carbons (Fsp3) is 0.333. The number of nitrogens with one attached hydrogen (secondary N) is 1. The Bertz CT molecular complexity index is 708. The van der Waals surface area contributed by atoms with Crippen LogP contribution in [-0.2, 0) is 12.8 Å². The van der Waals surface area contributed by atoms with E-state index in [-0.39, 0.29) is 5.91 Å². The van der Waals surface area contributed by atoms with Crippen LogP contribution >= 0.6 is 11.3 Å². The zero-order valence-corrected chi connectivity index (χ0v) is 14.2. The molecule has 0 fully saturated rings. The number of hydrogen-bond donors (Lipinski definition) is 1. The third-order valence-corrected chi connectivity index (χ3v) is 5.29. The fourth-order valence-electron chi connectivity index (χ4n) is 2.69. The molecule has 0 saturated heterocycles. The zero-order chi connectivity index (χ0) is 16.2. The number of ether oxygens (including phenoxy) is 1. The molecule has 1 aliphatic carbocycles. The van der Waals surface area contributed by atoms with E-state index >= 15 is 0 Å². The van der Waals surface area contributed by atoms with Crippen molar-refractivity contribution < 1.29 is 9.53 Å². The molecular weight excluding hydrogens is 308 g/mol. The minimum Gasteiger partial charge on any atom is -0.497 e. The molecule has 0 bridgehead atoms. The molecule has 120 valence electrons. The average molecular weight is 328 g/mol. The van der Waals surface area contributed by atoms with E-state index in [9.17, 15) is 4.79 Å². The van der Waals surface area contributed by atoms with Gasteiger partial charge in [0.05, 0.1) is 17.7 Å². The molecule has 4 nitrogen and oxygen atoms in total. The minimum atomic E-state index is -0.128. The van der Waals surface area contributed by atoms with Gasteiger partial charge >= 0.3 is 0 Å². The molecule has 0 saturated carbocycles. The second-order valence-electron chi connectivity index (χ2n) is 5.63.